The van der Waals surface area contributed by atoms with Crippen LogP contribution in [-0.4, -0.2) is 44.4 Å². The summed E-state index contributed by atoms with van der Waals surface area (Å²) in [5, 5.41) is 6.94. The summed E-state index contributed by atoms with van der Waals surface area (Å²) in [6.45, 7) is 11.5. The van der Waals surface area contributed by atoms with Gasteiger partial charge < -0.3 is 4.90 Å². The van der Waals surface area contributed by atoms with Gasteiger partial charge in [0.25, 0.3) is 0 Å². The monoisotopic (exact) mass is 298 g/mol. The highest BCUT2D eigenvalue weighted by Gasteiger charge is 2.15. The van der Waals surface area contributed by atoms with Crippen molar-refractivity contribution in [2.75, 3.05) is 18.8 Å². The van der Waals surface area contributed by atoms with Crippen molar-refractivity contribution < 1.29 is 4.79 Å². The predicted octanol–water partition coefficient (Wildman–Crippen LogP) is 1.50. The molecule has 0 aliphatic heterocycles. The van der Waals surface area contributed by atoms with E-state index in [-0.39, 0.29) is 17.3 Å². The fourth-order valence-corrected chi connectivity index (χ4v) is 2.63. The first-order chi connectivity index (χ1) is 9.49. The van der Waals surface area contributed by atoms with Gasteiger partial charge in [0.1, 0.15) is 0 Å². The average Bonchev–Trinajstić information content (AvgIpc) is 2.75. The van der Waals surface area contributed by atoms with Crippen LogP contribution >= 0.6 is 11.8 Å². The second kappa shape index (κ2) is 7.94. The lowest BCUT2D eigenvalue weighted by Crippen LogP contribution is -2.33. The first-order valence-electron chi connectivity index (χ1n) is 6.69. The predicted molar refractivity (Wildman–Crippen MR) is 80.9 cm³/mol. The molecule has 1 amide bonds. The number of aromatic nitrogens is 3. The Morgan fingerprint density at radius 1 is 1.50 bits per heavy atom. The van der Waals surface area contributed by atoms with Crippen LogP contribution in [0.5, 0.6) is 0 Å². The first kappa shape index (κ1) is 16.6. The van der Waals surface area contributed by atoms with E-state index in [1.807, 2.05) is 20.8 Å². The zero-order valence-corrected chi connectivity index (χ0v) is 13.1. The van der Waals surface area contributed by atoms with E-state index >= 15 is 0 Å². The number of thioether (sulfide) groups is 1. The topological polar surface area (TPSA) is 71.0 Å². The number of carbonyl (C=O) groups is 1. The molecule has 0 aliphatic carbocycles. The normalized spacial score (nSPS) is 10.6. The zero-order valence-electron chi connectivity index (χ0n) is 12.3. The van der Waals surface area contributed by atoms with Crippen molar-refractivity contribution in [3.8, 4) is 0 Å². The molecule has 0 fully saturated rings. The number of hydrogen-bond acceptors (Lipinski definition) is 4. The maximum absolute atomic E-state index is 12.1. The summed E-state index contributed by atoms with van der Waals surface area (Å²) >= 11 is 1.29. The molecule has 1 N–H and O–H groups in total. The van der Waals surface area contributed by atoms with E-state index in [2.05, 4.69) is 16.8 Å². The van der Waals surface area contributed by atoms with Gasteiger partial charge in [-0.3, -0.25) is 9.36 Å². The van der Waals surface area contributed by atoms with Crippen LogP contribution < -0.4 is 5.69 Å². The molecule has 20 heavy (non-hydrogen) atoms. The third-order valence-corrected chi connectivity index (χ3v) is 3.65. The van der Waals surface area contributed by atoms with E-state index in [0.717, 1.165) is 12.0 Å². The molecule has 1 rings (SSSR count). The summed E-state index contributed by atoms with van der Waals surface area (Å²) < 4.78 is 1.56. The van der Waals surface area contributed by atoms with Gasteiger partial charge in [0.2, 0.25) is 5.91 Å². The van der Waals surface area contributed by atoms with E-state index in [9.17, 15) is 9.59 Å². The minimum absolute atomic E-state index is 0.0268. The van der Waals surface area contributed by atoms with Crippen LogP contribution in [0.1, 0.15) is 27.2 Å². The number of amides is 1. The molecule has 112 valence electrons. The molecule has 0 radical (unpaired) electrons. The fraction of sp³-hybridized carbons (Fsp3) is 0.615. The summed E-state index contributed by atoms with van der Waals surface area (Å²) in [4.78, 5) is 25.4. The average molecular weight is 298 g/mol. The quantitative estimate of drug-likeness (QED) is 0.583. The number of aromatic amines is 1. The SMILES string of the molecule is C=C(C)CN(CC)C(=O)CSc1n[nH]c(=O)n1CCC. The Balaban J connectivity index is 2.64. The van der Waals surface area contributed by atoms with Crippen LogP contribution in [-0.2, 0) is 11.3 Å². The molecule has 0 unspecified atom stereocenters. The third-order valence-electron chi connectivity index (χ3n) is 2.69. The highest BCUT2D eigenvalue weighted by molar-refractivity contribution is 7.99. The van der Waals surface area contributed by atoms with E-state index in [1.54, 1.807) is 9.47 Å². The molecule has 1 heterocycles. The number of nitrogens with zero attached hydrogens (tertiary/aromatic N) is 3. The highest BCUT2D eigenvalue weighted by Crippen LogP contribution is 2.14. The Kier molecular flexibility index (Phi) is 6.57. The van der Waals surface area contributed by atoms with Crippen molar-refractivity contribution in [3.05, 3.63) is 22.6 Å². The van der Waals surface area contributed by atoms with Gasteiger partial charge in [-0.1, -0.05) is 30.8 Å². The molecule has 0 saturated carbocycles. The van der Waals surface area contributed by atoms with E-state index in [1.165, 1.54) is 11.8 Å². The van der Waals surface area contributed by atoms with E-state index in [0.29, 0.717) is 24.8 Å². The molecule has 1 aromatic rings. The second-order valence-corrected chi connectivity index (χ2v) is 5.56. The molecule has 0 saturated heterocycles. The number of likely N-dealkylation sites (N-methyl/N-ethyl adjacent to an activating group) is 1. The summed E-state index contributed by atoms with van der Waals surface area (Å²) in [7, 11) is 0. The van der Waals surface area contributed by atoms with E-state index < -0.39 is 0 Å². The summed E-state index contributed by atoms with van der Waals surface area (Å²) in [5.74, 6) is 0.300. The number of hydrogen-bond donors (Lipinski definition) is 1. The fourth-order valence-electron chi connectivity index (χ4n) is 1.75. The molecule has 0 atom stereocenters. The minimum atomic E-state index is -0.226. The highest BCUT2D eigenvalue weighted by atomic mass is 32.2. The number of carbonyl (C=O) groups excluding carboxylic acids is 1. The molecular weight excluding hydrogens is 276 g/mol. The largest absolute Gasteiger partial charge is 0.343 e. The summed E-state index contributed by atoms with van der Waals surface area (Å²) in [6.07, 6.45) is 0.845. The van der Waals surface area contributed by atoms with Crippen LogP contribution in [0.4, 0.5) is 0 Å². The Bertz CT molecular complexity index is 521. The Labute approximate surface area is 123 Å². The van der Waals surface area contributed by atoms with Gasteiger partial charge in [-0.15, -0.1) is 5.10 Å². The van der Waals surface area contributed by atoms with Gasteiger partial charge in [0.15, 0.2) is 5.16 Å². The van der Waals surface area contributed by atoms with E-state index in [4.69, 9.17) is 0 Å². The van der Waals surface area contributed by atoms with Gasteiger partial charge in [-0.05, 0) is 20.3 Å². The molecule has 0 bridgehead atoms. The van der Waals surface area contributed by atoms with Gasteiger partial charge in [0.05, 0.1) is 5.75 Å². The van der Waals surface area contributed by atoms with Crippen molar-refractivity contribution in [3.63, 3.8) is 0 Å². The van der Waals surface area contributed by atoms with Gasteiger partial charge in [-0.2, -0.15) is 0 Å². The summed E-state index contributed by atoms with van der Waals surface area (Å²) in [5.41, 5.74) is 0.726. The van der Waals surface area contributed by atoms with Crippen molar-refractivity contribution >= 4 is 17.7 Å². The van der Waals surface area contributed by atoms with Gasteiger partial charge in [-0.25, -0.2) is 9.89 Å². The van der Waals surface area contributed by atoms with Crippen molar-refractivity contribution in [2.45, 2.75) is 38.9 Å². The maximum atomic E-state index is 12.1. The lowest BCUT2D eigenvalue weighted by Gasteiger charge is -2.20. The van der Waals surface area contributed by atoms with Crippen LogP contribution in [0.25, 0.3) is 0 Å². The zero-order chi connectivity index (χ0) is 15.1. The molecule has 0 aromatic carbocycles. The third kappa shape index (κ3) is 4.56. The molecule has 0 aliphatic rings. The Morgan fingerprint density at radius 3 is 2.75 bits per heavy atom. The van der Waals surface area contributed by atoms with Crippen molar-refractivity contribution in [2.24, 2.45) is 0 Å². The smallest absolute Gasteiger partial charge is 0.338 e. The maximum Gasteiger partial charge on any atom is 0.343 e. The van der Waals surface area contributed by atoms with Gasteiger partial charge >= 0.3 is 5.69 Å². The molecule has 6 nitrogen and oxygen atoms in total. The Morgan fingerprint density at radius 2 is 2.20 bits per heavy atom. The Hall–Kier alpha value is -1.50. The van der Waals surface area contributed by atoms with Gasteiger partial charge in [0, 0.05) is 19.6 Å². The van der Waals surface area contributed by atoms with Crippen molar-refractivity contribution in [1.82, 2.24) is 19.7 Å². The number of nitrogens with one attached hydrogen (secondary N) is 1. The lowest BCUT2D eigenvalue weighted by molar-refractivity contribution is -0.127. The first-order valence-corrected chi connectivity index (χ1v) is 7.68. The van der Waals surface area contributed by atoms with Crippen LogP contribution in [0, 0.1) is 0 Å². The van der Waals surface area contributed by atoms with Crippen LogP contribution in [0.3, 0.4) is 0 Å². The summed E-state index contributed by atoms with van der Waals surface area (Å²) in [6, 6.07) is 0. The molecule has 7 heteroatoms. The number of rotatable bonds is 8. The number of H-pyrrole nitrogens is 1. The van der Waals surface area contributed by atoms with Crippen molar-refractivity contribution in [1.29, 1.82) is 0 Å². The standard InChI is InChI=1S/C13H22N4O2S/c1-5-7-17-12(19)14-15-13(17)20-9-11(18)16(6-2)8-10(3)4/h3,5-9H2,1-2,4H3,(H,14,19). The lowest BCUT2D eigenvalue weighted by atomic mass is 10.3. The van der Waals surface area contributed by atoms with Crippen LogP contribution in [0.2, 0.25) is 0 Å². The molecular formula is C13H22N4O2S. The minimum Gasteiger partial charge on any atom is -0.338 e. The molecule has 1 aromatic heterocycles. The van der Waals surface area contributed by atoms with Crippen LogP contribution in [0.15, 0.2) is 22.1 Å². The second-order valence-electron chi connectivity index (χ2n) is 4.62. The molecule has 0 spiro atoms.